The summed E-state index contributed by atoms with van der Waals surface area (Å²) in [7, 11) is 0. The molecule has 0 spiro atoms. The fourth-order valence-electron chi connectivity index (χ4n) is 3.41. The van der Waals surface area contributed by atoms with Gasteiger partial charge in [0.05, 0.1) is 19.0 Å². The first-order valence-electron chi connectivity index (χ1n) is 9.65. The molecule has 1 aliphatic rings. The average Bonchev–Trinajstić information content (AvgIpc) is 3.14. The molecule has 0 atom stereocenters. The number of morpholine rings is 1. The molecule has 1 N–H and O–H groups in total. The van der Waals surface area contributed by atoms with Crippen LogP contribution in [-0.2, 0) is 16.1 Å². The van der Waals surface area contributed by atoms with Crippen LogP contribution in [0, 0.1) is 0 Å². The summed E-state index contributed by atoms with van der Waals surface area (Å²) in [5.41, 5.74) is 2.04. The molecule has 6 heteroatoms. The number of amides is 1. The molecule has 1 saturated heterocycles. The standard InChI is InChI=1S/C22H25N3O2S/c26-22(17-28-20-4-2-1-3-5-20)23-19-6-7-21-18(16-19)8-9-25(21)11-10-24-12-14-27-15-13-24/h1-9,16H,10-15,17H2,(H,23,26). The molecule has 0 aliphatic carbocycles. The van der Waals surface area contributed by atoms with Crippen LogP contribution in [0.3, 0.4) is 0 Å². The predicted molar refractivity (Wildman–Crippen MR) is 115 cm³/mol. The van der Waals surface area contributed by atoms with Crippen molar-refractivity contribution in [3.8, 4) is 0 Å². The molecule has 5 nitrogen and oxygen atoms in total. The minimum absolute atomic E-state index is 0.0138. The van der Waals surface area contributed by atoms with Crippen LogP contribution in [0.5, 0.6) is 0 Å². The number of nitrogens with zero attached hydrogens (tertiary/aromatic N) is 2. The van der Waals surface area contributed by atoms with E-state index in [0.29, 0.717) is 5.75 Å². The van der Waals surface area contributed by atoms with Crippen LogP contribution >= 0.6 is 11.8 Å². The summed E-state index contributed by atoms with van der Waals surface area (Å²) >= 11 is 1.55. The second-order valence-electron chi connectivity index (χ2n) is 6.89. The summed E-state index contributed by atoms with van der Waals surface area (Å²) < 4.78 is 7.69. The molecule has 2 aromatic carbocycles. The maximum absolute atomic E-state index is 12.3. The molecular weight excluding hydrogens is 370 g/mol. The molecule has 0 unspecified atom stereocenters. The summed E-state index contributed by atoms with van der Waals surface area (Å²) in [6, 6.07) is 18.2. The minimum Gasteiger partial charge on any atom is -0.379 e. The topological polar surface area (TPSA) is 46.5 Å². The first kappa shape index (κ1) is 19.1. The number of hydrogen-bond donors (Lipinski definition) is 1. The maximum atomic E-state index is 12.3. The highest BCUT2D eigenvalue weighted by molar-refractivity contribution is 8.00. The van der Waals surface area contributed by atoms with Crippen LogP contribution in [0.2, 0.25) is 0 Å². The van der Waals surface area contributed by atoms with Gasteiger partial charge in [0.25, 0.3) is 0 Å². The van der Waals surface area contributed by atoms with Gasteiger partial charge in [-0.25, -0.2) is 0 Å². The summed E-state index contributed by atoms with van der Waals surface area (Å²) in [4.78, 5) is 15.8. The highest BCUT2D eigenvalue weighted by Crippen LogP contribution is 2.22. The predicted octanol–water partition coefficient (Wildman–Crippen LogP) is 3.70. The van der Waals surface area contributed by atoms with Gasteiger partial charge in [0.1, 0.15) is 0 Å². The SMILES string of the molecule is O=C(CSc1ccccc1)Nc1ccc2c(ccn2CCN2CCOCC2)c1. The number of aromatic nitrogens is 1. The molecule has 28 heavy (non-hydrogen) atoms. The van der Waals surface area contributed by atoms with Gasteiger partial charge in [-0.3, -0.25) is 9.69 Å². The monoisotopic (exact) mass is 395 g/mol. The van der Waals surface area contributed by atoms with Gasteiger partial charge in [-0.2, -0.15) is 0 Å². The van der Waals surface area contributed by atoms with Crippen molar-refractivity contribution in [3.63, 3.8) is 0 Å². The van der Waals surface area contributed by atoms with Crippen LogP contribution in [0.15, 0.2) is 65.7 Å². The van der Waals surface area contributed by atoms with Gasteiger partial charge >= 0.3 is 0 Å². The third kappa shape index (κ3) is 4.95. The highest BCUT2D eigenvalue weighted by Gasteiger charge is 2.11. The van der Waals surface area contributed by atoms with Crippen LogP contribution in [0.4, 0.5) is 5.69 Å². The smallest absolute Gasteiger partial charge is 0.234 e. The number of ether oxygens (including phenoxy) is 1. The average molecular weight is 396 g/mol. The summed E-state index contributed by atoms with van der Waals surface area (Å²) in [6.45, 7) is 5.67. The van der Waals surface area contributed by atoms with E-state index < -0.39 is 0 Å². The van der Waals surface area contributed by atoms with Crippen molar-refractivity contribution in [1.29, 1.82) is 0 Å². The van der Waals surface area contributed by atoms with E-state index in [2.05, 4.69) is 33.1 Å². The van der Waals surface area contributed by atoms with E-state index in [1.165, 1.54) is 5.52 Å². The number of benzene rings is 2. The number of anilines is 1. The fraction of sp³-hybridized carbons (Fsp3) is 0.318. The Kier molecular flexibility index (Phi) is 6.31. The molecule has 0 bridgehead atoms. The van der Waals surface area contributed by atoms with Gasteiger partial charge in [-0.05, 0) is 36.4 Å². The Hall–Kier alpha value is -2.28. The molecule has 0 saturated carbocycles. The van der Waals surface area contributed by atoms with E-state index in [-0.39, 0.29) is 5.91 Å². The zero-order valence-electron chi connectivity index (χ0n) is 15.8. The van der Waals surface area contributed by atoms with Crippen LogP contribution in [0.1, 0.15) is 0 Å². The fourth-order valence-corrected chi connectivity index (χ4v) is 4.13. The van der Waals surface area contributed by atoms with Crippen molar-refractivity contribution < 1.29 is 9.53 Å². The Labute approximate surface area is 169 Å². The third-order valence-electron chi connectivity index (χ3n) is 4.93. The molecule has 1 fully saturated rings. The van der Waals surface area contributed by atoms with Crippen LogP contribution in [0.25, 0.3) is 10.9 Å². The van der Waals surface area contributed by atoms with Crippen LogP contribution < -0.4 is 5.32 Å². The normalized spacial score (nSPS) is 15.0. The zero-order valence-corrected chi connectivity index (χ0v) is 16.7. The lowest BCUT2D eigenvalue weighted by atomic mass is 10.2. The molecule has 146 valence electrons. The molecule has 3 aromatic rings. The molecule has 4 rings (SSSR count). The Morgan fingerprint density at radius 3 is 2.68 bits per heavy atom. The second kappa shape index (κ2) is 9.28. The first-order valence-corrected chi connectivity index (χ1v) is 10.6. The highest BCUT2D eigenvalue weighted by atomic mass is 32.2. The third-order valence-corrected chi connectivity index (χ3v) is 5.94. The summed E-state index contributed by atoms with van der Waals surface area (Å²) in [5, 5.41) is 4.15. The van der Waals surface area contributed by atoms with Gasteiger partial charge in [0.15, 0.2) is 0 Å². The van der Waals surface area contributed by atoms with Crippen molar-refractivity contribution >= 4 is 34.3 Å². The lowest BCUT2D eigenvalue weighted by Crippen LogP contribution is -2.38. The Morgan fingerprint density at radius 1 is 1.04 bits per heavy atom. The Balaban J connectivity index is 1.33. The largest absolute Gasteiger partial charge is 0.379 e. The lowest BCUT2D eigenvalue weighted by molar-refractivity contribution is -0.113. The van der Waals surface area contributed by atoms with Gasteiger partial charge in [0, 0.05) is 53.9 Å². The van der Waals surface area contributed by atoms with Gasteiger partial charge in [-0.1, -0.05) is 18.2 Å². The van der Waals surface area contributed by atoms with E-state index >= 15 is 0 Å². The number of carbonyl (C=O) groups is 1. The number of fused-ring (bicyclic) bond motifs is 1. The van der Waals surface area contributed by atoms with Crippen molar-refractivity contribution in [3.05, 3.63) is 60.8 Å². The number of nitrogens with one attached hydrogen (secondary N) is 1. The van der Waals surface area contributed by atoms with E-state index in [4.69, 9.17) is 4.74 Å². The molecular formula is C22H25N3O2S. The molecule has 1 amide bonds. The maximum Gasteiger partial charge on any atom is 0.234 e. The van der Waals surface area contributed by atoms with Crippen molar-refractivity contribution in [2.24, 2.45) is 0 Å². The van der Waals surface area contributed by atoms with Gasteiger partial charge in [0.2, 0.25) is 5.91 Å². The second-order valence-corrected chi connectivity index (χ2v) is 7.94. The molecule has 0 radical (unpaired) electrons. The van der Waals surface area contributed by atoms with Gasteiger partial charge in [-0.15, -0.1) is 11.8 Å². The quantitative estimate of drug-likeness (QED) is 0.620. The molecule has 1 aliphatic heterocycles. The van der Waals surface area contributed by atoms with E-state index in [1.807, 2.05) is 42.5 Å². The van der Waals surface area contributed by atoms with Crippen molar-refractivity contribution in [2.45, 2.75) is 11.4 Å². The molecule has 2 heterocycles. The van der Waals surface area contributed by atoms with E-state index in [9.17, 15) is 4.79 Å². The Morgan fingerprint density at radius 2 is 1.86 bits per heavy atom. The lowest BCUT2D eigenvalue weighted by Gasteiger charge is -2.26. The number of carbonyl (C=O) groups excluding carboxylic acids is 1. The van der Waals surface area contributed by atoms with E-state index in [1.54, 1.807) is 11.8 Å². The summed E-state index contributed by atoms with van der Waals surface area (Å²) in [5.74, 6) is 0.419. The number of thioether (sulfide) groups is 1. The number of rotatable bonds is 7. The van der Waals surface area contributed by atoms with E-state index in [0.717, 1.165) is 55.4 Å². The first-order chi connectivity index (χ1) is 13.8. The van der Waals surface area contributed by atoms with Gasteiger partial charge < -0.3 is 14.6 Å². The zero-order chi connectivity index (χ0) is 19.2. The number of hydrogen-bond acceptors (Lipinski definition) is 4. The molecule has 1 aromatic heterocycles. The Bertz CT molecular complexity index is 920. The minimum atomic E-state index is 0.0138. The van der Waals surface area contributed by atoms with Crippen LogP contribution in [-0.4, -0.2) is 54.0 Å². The summed E-state index contributed by atoms with van der Waals surface area (Å²) in [6.07, 6.45) is 2.13. The van der Waals surface area contributed by atoms with Crippen molar-refractivity contribution in [2.75, 3.05) is 43.9 Å². The van der Waals surface area contributed by atoms with Crippen molar-refractivity contribution in [1.82, 2.24) is 9.47 Å².